The Bertz CT molecular complexity index is 1430. The molecule has 1 fully saturated rings. The first-order chi connectivity index (χ1) is 33.4. The van der Waals surface area contributed by atoms with Crippen molar-refractivity contribution in [1.82, 2.24) is 0 Å². The number of aliphatic hydroxyl groups is 5. The fourth-order valence-electron chi connectivity index (χ4n) is 7.99. The minimum absolute atomic E-state index is 0.0521. The van der Waals surface area contributed by atoms with Gasteiger partial charge in [-0.15, -0.1) is 0 Å². The molecule has 0 aromatic carbocycles. The summed E-state index contributed by atoms with van der Waals surface area (Å²) < 4.78 is 33.6. The van der Waals surface area contributed by atoms with E-state index < -0.39 is 75.7 Å². The predicted octanol–water partition coefficient (Wildman–Crippen LogP) is 12.1. The summed E-state index contributed by atoms with van der Waals surface area (Å²) in [6, 6.07) is 0. The third-order valence-electron chi connectivity index (χ3n) is 12.3. The molecule has 1 saturated carbocycles. The lowest BCUT2D eigenvalue weighted by molar-refractivity contribution is -0.220. The van der Waals surface area contributed by atoms with Gasteiger partial charge in [0.2, 0.25) is 0 Å². The fraction of sp³-hybridized carbons (Fsp3) is 0.782. The average Bonchev–Trinajstić information content (AvgIpc) is 3.33. The van der Waals surface area contributed by atoms with Gasteiger partial charge in [-0.3, -0.25) is 18.6 Å². The van der Waals surface area contributed by atoms with Crippen LogP contribution in [0, 0.1) is 0 Å². The van der Waals surface area contributed by atoms with Crippen molar-refractivity contribution in [2.45, 2.75) is 262 Å². The Balaban J connectivity index is 2.39. The summed E-state index contributed by atoms with van der Waals surface area (Å²) >= 11 is 0. The highest BCUT2D eigenvalue weighted by atomic mass is 31.2. The van der Waals surface area contributed by atoms with Crippen LogP contribution in [0.15, 0.2) is 60.8 Å². The number of hydrogen-bond donors (Lipinski definition) is 6. The number of phosphoric ester groups is 1. The smallest absolute Gasteiger partial charge is 0.462 e. The van der Waals surface area contributed by atoms with Crippen LogP contribution in [0.2, 0.25) is 0 Å². The molecule has 8 atom stereocenters. The molecule has 0 amide bonds. The van der Waals surface area contributed by atoms with Crippen LogP contribution in [0.4, 0.5) is 0 Å². The van der Waals surface area contributed by atoms with Crippen molar-refractivity contribution in [1.29, 1.82) is 0 Å². The number of carbonyl (C=O) groups is 2. The first-order valence-corrected chi connectivity index (χ1v) is 28.6. The predicted molar refractivity (Wildman–Crippen MR) is 276 cm³/mol. The lowest BCUT2D eigenvalue weighted by Crippen LogP contribution is -2.64. The maximum atomic E-state index is 12.9. The molecule has 0 spiro atoms. The maximum absolute atomic E-state index is 12.9. The van der Waals surface area contributed by atoms with Gasteiger partial charge < -0.3 is 39.9 Å². The van der Waals surface area contributed by atoms with Crippen molar-refractivity contribution < 1.29 is 63.1 Å². The molecule has 69 heavy (non-hydrogen) atoms. The summed E-state index contributed by atoms with van der Waals surface area (Å²) in [4.78, 5) is 35.8. The third-order valence-corrected chi connectivity index (χ3v) is 13.3. The van der Waals surface area contributed by atoms with E-state index >= 15 is 0 Å². The van der Waals surface area contributed by atoms with Gasteiger partial charge in [0, 0.05) is 12.8 Å². The van der Waals surface area contributed by atoms with Gasteiger partial charge in [-0.2, -0.15) is 0 Å². The molecule has 1 aliphatic carbocycles. The minimum atomic E-state index is -5.14. The van der Waals surface area contributed by atoms with E-state index in [0.29, 0.717) is 19.3 Å². The van der Waals surface area contributed by atoms with Gasteiger partial charge in [0.25, 0.3) is 0 Å². The van der Waals surface area contributed by atoms with E-state index in [4.69, 9.17) is 18.5 Å². The lowest BCUT2D eigenvalue weighted by atomic mass is 9.85. The number of esters is 2. The van der Waals surface area contributed by atoms with Crippen LogP contribution in [0.25, 0.3) is 0 Å². The minimum Gasteiger partial charge on any atom is -0.462 e. The molecule has 0 aromatic rings. The highest BCUT2D eigenvalue weighted by molar-refractivity contribution is 7.47. The van der Waals surface area contributed by atoms with Crippen LogP contribution >= 0.6 is 7.82 Å². The second-order valence-corrected chi connectivity index (χ2v) is 20.1. The topological polar surface area (TPSA) is 210 Å². The number of carbonyl (C=O) groups excluding carboxylic acids is 2. The van der Waals surface area contributed by atoms with Crippen LogP contribution in [-0.2, 0) is 32.7 Å². The van der Waals surface area contributed by atoms with Gasteiger partial charge >= 0.3 is 19.8 Å². The molecule has 0 aromatic heterocycles. The average molecular weight is 997 g/mol. The molecule has 14 heteroatoms. The van der Waals surface area contributed by atoms with Gasteiger partial charge in [0.1, 0.15) is 43.2 Å². The summed E-state index contributed by atoms with van der Waals surface area (Å²) in [6.07, 6.45) is 42.8. The van der Waals surface area contributed by atoms with Crippen LogP contribution in [0.5, 0.6) is 0 Å². The number of unbranched alkanes of at least 4 members (excludes halogenated alkanes) is 23. The molecular weight excluding hydrogens is 900 g/mol. The van der Waals surface area contributed by atoms with Crippen LogP contribution in [0.1, 0.15) is 219 Å². The summed E-state index contributed by atoms with van der Waals surface area (Å²) in [6.45, 7) is 3.21. The Labute approximate surface area is 417 Å². The summed E-state index contributed by atoms with van der Waals surface area (Å²) in [5.41, 5.74) is 0. The standard InChI is InChI=1S/C55H97O13P/c1-3-5-7-9-11-13-15-17-19-21-22-23-24-25-26-28-29-31-33-35-37-39-41-43-48(56)65-45-47(46-66-69(63,64)68-55-53(61)51(59)50(58)52(60)54(55)62)67-49(57)44-42-40-38-36-34-32-30-27-20-18-16-14-12-10-8-6-4-2/h8,10,14,16,20,27,32,34-35,37,47,50-55,58-62H,3-7,9,11-13,15,17-19,21-26,28-31,33,36,38-46H2,1-2H3,(H,63,64)/b10-8+,16-14+,27-20+,34-32+,37-35+/t47-,50?,51-,52?,53?,54?,55?/m0/s1. The number of ether oxygens (including phenoxy) is 2. The van der Waals surface area contributed by atoms with E-state index in [1.807, 2.05) is 0 Å². The molecule has 13 nitrogen and oxygen atoms in total. The highest BCUT2D eigenvalue weighted by Crippen LogP contribution is 2.47. The SMILES string of the molecule is CCC/C=C/C/C=C/C/C=C/C/C=C/CCCCCC(=O)O[C@@H](COC(=O)CCC/C=C/CCCCCCCCCCCCCCCCCCCC)COP(=O)(O)OC1C(O)C(O)C(O)[C@H](O)C1O. The molecule has 1 rings (SSSR count). The maximum Gasteiger partial charge on any atom is 0.472 e. The molecular formula is C55H97O13P. The molecule has 0 saturated heterocycles. The van der Waals surface area contributed by atoms with Gasteiger partial charge in [-0.1, -0.05) is 197 Å². The number of hydrogen-bond acceptors (Lipinski definition) is 12. The van der Waals surface area contributed by atoms with Gasteiger partial charge in [-0.05, 0) is 70.6 Å². The Kier molecular flexibility index (Phi) is 41.4. The molecule has 400 valence electrons. The third kappa shape index (κ3) is 36.2. The van der Waals surface area contributed by atoms with E-state index in [1.165, 1.54) is 116 Å². The zero-order valence-electron chi connectivity index (χ0n) is 42.8. The second kappa shape index (κ2) is 44.3. The van der Waals surface area contributed by atoms with E-state index in [1.54, 1.807) is 0 Å². The summed E-state index contributed by atoms with van der Waals surface area (Å²) in [5.74, 6) is -1.17. The molecule has 0 aliphatic heterocycles. The zero-order chi connectivity index (χ0) is 50.6. The first-order valence-electron chi connectivity index (χ1n) is 27.1. The van der Waals surface area contributed by atoms with Crippen molar-refractivity contribution in [2.75, 3.05) is 13.2 Å². The van der Waals surface area contributed by atoms with Gasteiger partial charge in [0.05, 0.1) is 6.61 Å². The van der Waals surface area contributed by atoms with Gasteiger partial charge in [0.15, 0.2) is 6.10 Å². The van der Waals surface area contributed by atoms with Crippen molar-refractivity contribution in [3.8, 4) is 0 Å². The zero-order valence-corrected chi connectivity index (χ0v) is 43.7. The molecule has 6 unspecified atom stereocenters. The molecule has 6 N–H and O–H groups in total. The van der Waals surface area contributed by atoms with Crippen LogP contribution in [0.3, 0.4) is 0 Å². The summed E-state index contributed by atoms with van der Waals surface area (Å²) in [5, 5.41) is 50.3. The van der Waals surface area contributed by atoms with Crippen molar-refractivity contribution in [3.63, 3.8) is 0 Å². The van der Waals surface area contributed by atoms with E-state index in [9.17, 15) is 44.6 Å². The van der Waals surface area contributed by atoms with Crippen molar-refractivity contribution >= 4 is 19.8 Å². The Morgan fingerprint density at radius 2 is 0.826 bits per heavy atom. The van der Waals surface area contributed by atoms with Crippen molar-refractivity contribution in [3.05, 3.63) is 60.8 Å². The Hall–Kier alpha value is -2.45. The highest BCUT2D eigenvalue weighted by Gasteiger charge is 2.51. The monoisotopic (exact) mass is 997 g/mol. The van der Waals surface area contributed by atoms with Crippen molar-refractivity contribution in [2.24, 2.45) is 0 Å². The first kappa shape index (κ1) is 64.6. The normalized spacial score (nSPS) is 21.3. The Morgan fingerprint density at radius 3 is 1.30 bits per heavy atom. The van der Waals surface area contributed by atoms with E-state index in [2.05, 4.69) is 74.6 Å². The second-order valence-electron chi connectivity index (χ2n) is 18.7. The number of aliphatic hydroxyl groups excluding tert-OH is 5. The number of phosphoric acid groups is 1. The quantitative estimate of drug-likeness (QED) is 0.0145. The Morgan fingerprint density at radius 1 is 0.449 bits per heavy atom. The molecule has 0 radical (unpaired) electrons. The number of rotatable bonds is 45. The molecule has 0 heterocycles. The lowest BCUT2D eigenvalue weighted by Gasteiger charge is -2.41. The van der Waals surface area contributed by atoms with Crippen LogP contribution < -0.4 is 0 Å². The summed E-state index contributed by atoms with van der Waals surface area (Å²) in [7, 11) is -5.14. The molecule has 0 bridgehead atoms. The number of allylic oxidation sites excluding steroid dienone is 10. The fourth-order valence-corrected chi connectivity index (χ4v) is 8.96. The molecule has 1 aliphatic rings. The largest absolute Gasteiger partial charge is 0.472 e. The van der Waals surface area contributed by atoms with E-state index in [-0.39, 0.29) is 12.8 Å². The van der Waals surface area contributed by atoms with Gasteiger partial charge in [-0.25, -0.2) is 4.57 Å². The van der Waals surface area contributed by atoms with E-state index in [0.717, 1.165) is 57.8 Å². The van der Waals surface area contributed by atoms with Crippen LogP contribution in [-0.4, -0.2) is 98.3 Å².